The van der Waals surface area contributed by atoms with Crippen molar-refractivity contribution in [3.63, 3.8) is 0 Å². The van der Waals surface area contributed by atoms with Crippen LogP contribution in [-0.2, 0) is 10.0 Å². The Bertz CT molecular complexity index is 765. The van der Waals surface area contributed by atoms with E-state index in [2.05, 4.69) is 19.4 Å². The van der Waals surface area contributed by atoms with Crippen molar-refractivity contribution in [2.45, 2.75) is 18.9 Å². The molecule has 4 aliphatic rings. The highest BCUT2D eigenvalue weighted by atomic mass is 32.2. The lowest BCUT2D eigenvalue weighted by Gasteiger charge is -2.51. The minimum atomic E-state index is -3.12. The van der Waals surface area contributed by atoms with Crippen LogP contribution in [0.5, 0.6) is 0 Å². The quantitative estimate of drug-likeness (QED) is 0.764. The van der Waals surface area contributed by atoms with Crippen LogP contribution in [0.15, 0.2) is 24.3 Å². The predicted molar refractivity (Wildman–Crippen MR) is 109 cm³/mol. The van der Waals surface area contributed by atoms with Crippen LogP contribution in [0.25, 0.3) is 0 Å². The number of halogens is 1. The van der Waals surface area contributed by atoms with Gasteiger partial charge in [-0.2, -0.15) is 0 Å². The molecule has 4 fully saturated rings. The van der Waals surface area contributed by atoms with Crippen LogP contribution in [0.3, 0.4) is 0 Å². The molecule has 28 heavy (non-hydrogen) atoms. The Morgan fingerprint density at radius 1 is 1.11 bits per heavy atom. The standard InChI is InChI=1S/C20H31FN4O2S/c1-28(26,27)22-13-20-12-16-6-7-25(20)15-17(16)14-23-8-10-24(11-9-23)19-4-2-18(21)3-5-19/h2-5,16-17,20,22H,6-15H2,1H3/t16-,17+,20-/m1/s1. The van der Waals surface area contributed by atoms with Gasteiger partial charge in [-0.15, -0.1) is 0 Å². The van der Waals surface area contributed by atoms with Gasteiger partial charge in [0.1, 0.15) is 5.82 Å². The van der Waals surface area contributed by atoms with E-state index in [1.54, 1.807) is 0 Å². The number of anilines is 1. The minimum Gasteiger partial charge on any atom is -0.369 e. The molecule has 0 spiro atoms. The fourth-order valence-electron chi connectivity index (χ4n) is 5.09. The Morgan fingerprint density at radius 3 is 2.43 bits per heavy atom. The molecule has 4 heterocycles. The van der Waals surface area contributed by atoms with Crippen LogP contribution in [0.1, 0.15) is 12.8 Å². The van der Waals surface area contributed by atoms with Crippen molar-refractivity contribution >= 4 is 15.7 Å². The van der Waals surface area contributed by atoms with E-state index in [9.17, 15) is 12.8 Å². The summed E-state index contributed by atoms with van der Waals surface area (Å²) in [5, 5.41) is 0. The molecule has 0 saturated carbocycles. The van der Waals surface area contributed by atoms with E-state index in [1.807, 2.05) is 12.1 Å². The summed E-state index contributed by atoms with van der Waals surface area (Å²) in [4.78, 5) is 7.38. The van der Waals surface area contributed by atoms with E-state index in [0.29, 0.717) is 24.4 Å². The number of nitrogens with one attached hydrogen (secondary N) is 1. The minimum absolute atomic E-state index is 0.185. The van der Waals surface area contributed by atoms with E-state index >= 15 is 0 Å². The number of hydrogen-bond donors (Lipinski definition) is 1. The molecule has 2 bridgehead atoms. The number of hydrogen-bond acceptors (Lipinski definition) is 5. The first-order valence-electron chi connectivity index (χ1n) is 10.3. The monoisotopic (exact) mass is 410 g/mol. The van der Waals surface area contributed by atoms with Crippen molar-refractivity contribution in [2.75, 3.05) is 63.5 Å². The first-order valence-corrected chi connectivity index (χ1v) is 12.2. The molecule has 8 heteroatoms. The van der Waals surface area contributed by atoms with Gasteiger partial charge in [-0.25, -0.2) is 17.5 Å². The second-order valence-electron chi connectivity index (χ2n) is 8.58. The molecule has 156 valence electrons. The summed E-state index contributed by atoms with van der Waals surface area (Å²) < 4.78 is 38.6. The van der Waals surface area contributed by atoms with Crippen LogP contribution in [-0.4, -0.2) is 82.9 Å². The smallest absolute Gasteiger partial charge is 0.208 e. The Hall–Kier alpha value is -1.22. The van der Waals surface area contributed by atoms with Gasteiger partial charge < -0.3 is 4.90 Å². The highest BCUT2D eigenvalue weighted by Crippen LogP contribution is 2.36. The van der Waals surface area contributed by atoms with E-state index in [0.717, 1.165) is 57.9 Å². The predicted octanol–water partition coefficient (Wildman–Crippen LogP) is 1.21. The maximum atomic E-state index is 13.1. The molecule has 4 aliphatic heterocycles. The van der Waals surface area contributed by atoms with Gasteiger partial charge in [0.25, 0.3) is 0 Å². The Balaban J connectivity index is 1.26. The highest BCUT2D eigenvalue weighted by Gasteiger charge is 2.40. The van der Waals surface area contributed by atoms with Gasteiger partial charge >= 0.3 is 0 Å². The van der Waals surface area contributed by atoms with E-state index in [1.165, 1.54) is 24.8 Å². The normalized spacial score (nSPS) is 31.3. The van der Waals surface area contributed by atoms with Crippen LogP contribution in [0, 0.1) is 17.7 Å². The van der Waals surface area contributed by atoms with E-state index in [-0.39, 0.29) is 5.82 Å². The van der Waals surface area contributed by atoms with Crippen molar-refractivity contribution in [3.8, 4) is 0 Å². The molecule has 0 amide bonds. The summed E-state index contributed by atoms with van der Waals surface area (Å²) in [5.74, 6) is 1.20. The summed E-state index contributed by atoms with van der Waals surface area (Å²) in [5.41, 5.74) is 1.10. The third-order valence-corrected chi connectivity index (χ3v) is 7.34. The Morgan fingerprint density at radius 2 is 1.82 bits per heavy atom. The lowest BCUT2D eigenvalue weighted by atomic mass is 9.75. The van der Waals surface area contributed by atoms with Gasteiger partial charge in [-0.05, 0) is 55.5 Å². The van der Waals surface area contributed by atoms with Crippen molar-refractivity contribution in [3.05, 3.63) is 30.1 Å². The van der Waals surface area contributed by atoms with Crippen molar-refractivity contribution in [1.29, 1.82) is 0 Å². The number of piperazine rings is 1. The SMILES string of the molecule is CS(=O)(=O)NC[C@H]1C[C@H]2CCN1C[C@@H]2CN1CCN(c2ccc(F)cc2)CC1. The molecule has 4 atom stereocenters. The lowest BCUT2D eigenvalue weighted by molar-refractivity contribution is -0.0107. The molecule has 4 saturated heterocycles. The molecule has 0 radical (unpaired) electrons. The van der Waals surface area contributed by atoms with Gasteiger partial charge in [0.2, 0.25) is 10.0 Å². The molecule has 1 unspecified atom stereocenters. The van der Waals surface area contributed by atoms with Crippen LogP contribution in [0.2, 0.25) is 0 Å². The van der Waals surface area contributed by atoms with Crippen LogP contribution in [0.4, 0.5) is 10.1 Å². The molecule has 1 N–H and O–H groups in total. The van der Waals surface area contributed by atoms with Gasteiger partial charge in [-0.1, -0.05) is 0 Å². The maximum absolute atomic E-state index is 13.1. The summed E-state index contributed by atoms with van der Waals surface area (Å²) in [7, 11) is -3.12. The lowest BCUT2D eigenvalue weighted by Crippen LogP contribution is -2.59. The summed E-state index contributed by atoms with van der Waals surface area (Å²) in [6.07, 6.45) is 3.57. The number of benzene rings is 1. The molecule has 1 aromatic carbocycles. The topological polar surface area (TPSA) is 55.9 Å². The molecule has 5 rings (SSSR count). The van der Waals surface area contributed by atoms with Gasteiger partial charge in [0.05, 0.1) is 6.26 Å². The van der Waals surface area contributed by atoms with Gasteiger partial charge in [-0.3, -0.25) is 9.80 Å². The number of fused-ring (bicyclic) bond motifs is 3. The second kappa shape index (κ2) is 8.26. The van der Waals surface area contributed by atoms with Crippen molar-refractivity contribution in [1.82, 2.24) is 14.5 Å². The van der Waals surface area contributed by atoms with Gasteiger partial charge in [0.15, 0.2) is 0 Å². The third-order valence-electron chi connectivity index (χ3n) is 6.65. The number of rotatable bonds is 6. The largest absolute Gasteiger partial charge is 0.369 e. The first kappa shape index (κ1) is 20.1. The van der Waals surface area contributed by atoms with E-state index in [4.69, 9.17) is 0 Å². The molecule has 6 nitrogen and oxygen atoms in total. The maximum Gasteiger partial charge on any atom is 0.208 e. The third kappa shape index (κ3) is 4.84. The van der Waals surface area contributed by atoms with Gasteiger partial charge in [0, 0.05) is 57.5 Å². The fourth-order valence-corrected chi connectivity index (χ4v) is 5.58. The average Bonchev–Trinajstić information content (AvgIpc) is 2.68. The van der Waals surface area contributed by atoms with Crippen molar-refractivity contribution in [2.24, 2.45) is 11.8 Å². The number of piperidine rings is 3. The molecular formula is C20H31FN4O2S. The summed E-state index contributed by atoms with van der Waals surface area (Å²) in [6, 6.07) is 7.14. The molecule has 0 aliphatic carbocycles. The average molecular weight is 411 g/mol. The highest BCUT2D eigenvalue weighted by molar-refractivity contribution is 7.88. The van der Waals surface area contributed by atoms with Crippen molar-refractivity contribution < 1.29 is 12.8 Å². The summed E-state index contributed by atoms with van der Waals surface area (Å²) in [6.45, 7) is 7.89. The number of nitrogens with zero attached hydrogens (tertiary/aromatic N) is 3. The summed E-state index contributed by atoms with van der Waals surface area (Å²) >= 11 is 0. The fraction of sp³-hybridized carbons (Fsp3) is 0.700. The second-order valence-corrected chi connectivity index (χ2v) is 10.4. The zero-order valence-electron chi connectivity index (χ0n) is 16.6. The number of sulfonamides is 1. The zero-order valence-corrected chi connectivity index (χ0v) is 17.4. The first-order chi connectivity index (χ1) is 13.4. The Labute approximate surface area is 167 Å². The van der Waals surface area contributed by atoms with E-state index < -0.39 is 10.0 Å². The zero-order chi connectivity index (χ0) is 19.7. The molecule has 1 aromatic rings. The van der Waals surface area contributed by atoms with Crippen LogP contribution < -0.4 is 9.62 Å². The molecular weight excluding hydrogens is 379 g/mol. The Kier molecular flexibility index (Phi) is 5.92. The van der Waals surface area contributed by atoms with Crippen LogP contribution >= 0.6 is 0 Å². The molecule has 0 aromatic heterocycles.